The first-order chi connectivity index (χ1) is 14.0. The van der Waals surface area contributed by atoms with E-state index in [9.17, 15) is 9.59 Å². The van der Waals surface area contributed by atoms with Crippen molar-refractivity contribution < 1.29 is 14.3 Å². The fraction of sp³-hybridized carbons (Fsp3) is 0.174. The molecule has 0 fully saturated rings. The summed E-state index contributed by atoms with van der Waals surface area (Å²) in [5, 5.41) is 0.606. The standard InChI is InChI=1S/C23H19ClN2O3/c24-18-6-3-16(4-7-18)21(27)10-14-1-2-15-5-8-22(20(15)9-14)29-19-11-17(23(25)28)12-26-13-19/h1-4,6-7,9,11-13,22H,5,8,10H2,(H2,25,28). The number of halogens is 1. The summed E-state index contributed by atoms with van der Waals surface area (Å²) in [6.07, 6.45) is 4.86. The normalized spacial score (nSPS) is 15.0. The number of Topliss-reactive ketones (excluding diaryl/α,β-unsaturated/α-hetero) is 1. The summed E-state index contributed by atoms with van der Waals surface area (Å²) in [6.45, 7) is 0. The summed E-state index contributed by atoms with van der Waals surface area (Å²) in [5.74, 6) is -0.00462. The Morgan fingerprint density at radius 2 is 1.86 bits per heavy atom. The number of aryl methyl sites for hydroxylation is 1. The van der Waals surface area contributed by atoms with Crippen molar-refractivity contribution in [3.05, 3.63) is 93.8 Å². The Morgan fingerprint density at radius 1 is 1.07 bits per heavy atom. The van der Waals surface area contributed by atoms with Gasteiger partial charge in [0.25, 0.3) is 0 Å². The van der Waals surface area contributed by atoms with Crippen molar-refractivity contribution in [2.24, 2.45) is 5.73 Å². The van der Waals surface area contributed by atoms with Gasteiger partial charge in [0.15, 0.2) is 5.78 Å². The SMILES string of the molecule is NC(=O)c1cncc(OC2CCc3ccc(CC(=O)c4ccc(Cl)cc4)cc32)c1. The minimum atomic E-state index is -0.544. The molecule has 2 N–H and O–H groups in total. The Kier molecular flexibility index (Phi) is 5.32. The zero-order valence-corrected chi connectivity index (χ0v) is 16.4. The molecule has 1 aliphatic rings. The molecule has 1 aliphatic carbocycles. The molecule has 3 aromatic rings. The zero-order chi connectivity index (χ0) is 20.4. The molecule has 4 rings (SSSR count). The predicted molar refractivity (Wildman–Crippen MR) is 110 cm³/mol. The van der Waals surface area contributed by atoms with Crippen molar-refractivity contribution in [1.82, 2.24) is 4.98 Å². The van der Waals surface area contributed by atoms with E-state index in [1.807, 2.05) is 12.1 Å². The number of pyridine rings is 1. The lowest BCUT2D eigenvalue weighted by Crippen LogP contribution is -2.12. The minimum Gasteiger partial charge on any atom is -0.484 e. The van der Waals surface area contributed by atoms with Gasteiger partial charge in [0.05, 0.1) is 11.8 Å². The summed E-state index contributed by atoms with van der Waals surface area (Å²) in [4.78, 5) is 28.0. The molecule has 29 heavy (non-hydrogen) atoms. The van der Waals surface area contributed by atoms with E-state index in [1.165, 1.54) is 11.8 Å². The molecule has 2 aromatic carbocycles. The largest absolute Gasteiger partial charge is 0.484 e. The number of carbonyl (C=O) groups excluding carboxylic acids is 2. The third-order valence-electron chi connectivity index (χ3n) is 5.04. The van der Waals surface area contributed by atoms with Crippen LogP contribution in [0.4, 0.5) is 0 Å². The lowest BCUT2D eigenvalue weighted by atomic mass is 9.99. The Labute approximate surface area is 173 Å². The van der Waals surface area contributed by atoms with Gasteiger partial charge >= 0.3 is 0 Å². The second-order valence-corrected chi connectivity index (χ2v) is 7.50. The van der Waals surface area contributed by atoms with Gasteiger partial charge < -0.3 is 10.5 Å². The quantitative estimate of drug-likeness (QED) is 0.618. The molecule has 1 unspecified atom stereocenters. The van der Waals surface area contributed by atoms with Crippen molar-refractivity contribution in [3.8, 4) is 5.75 Å². The Morgan fingerprint density at radius 3 is 2.62 bits per heavy atom. The number of hydrogen-bond acceptors (Lipinski definition) is 4. The molecule has 0 saturated heterocycles. The highest BCUT2D eigenvalue weighted by atomic mass is 35.5. The van der Waals surface area contributed by atoms with E-state index in [0.717, 1.165) is 24.0 Å². The van der Waals surface area contributed by atoms with Crippen molar-refractivity contribution in [1.29, 1.82) is 0 Å². The number of aromatic nitrogens is 1. The molecule has 0 saturated carbocycles. The van der Waals surface area contributed by atoms with E-state index in [0.29, 0.717) is 28.3 Å². The van der Waals surface area contributed by atoms with Gasteiger partial charge in [-0.15, -0.1) is 0 Å². The van der Waals surface area contributed by atoms with Crippen LogP contribution in [0.5, 0.6) is 5.75 Å². The average Bonchev–Trinajstić information content (AvgIpc) is 3.10. The first kappa shape index (κ1) is 19.2. The van der Waals surface area contributed by atoms with Crippen molar-refractivity contribution in [2.45, 2.75) is 25.4 Å². The lowest BCUT2D eigenvalue weighted by molar-refractivity contribution is 0.0987. The molecular formula is C23H19ClN2O3. The van der Waals surface area contributed by atoms with E-state index in [4.69, 9.17) is 22.1 Å². The maximum atomic E-state index is 12.6. The summed E-state index contributed by atoms with van der Waals surface area (Å²) < 4.78 is 6.08. The lowest BCUT2D eigenvalue weighted by Gasteiger charge is -2.16. The number of fused-ring (bicyclic) bond motifs is 1. The Balaban J connectivity index is 1.52. The second-order valence-electron chi connectivity index (χ2n) is 7.06. The highest BCUT2D eigenvalue weighted by Crippen LogP contribution is 2.35. The molecular weight excluding hydrogens is 388 g/mol. The number of nitrogens with two attached hydrogens (primary N) is 1. The maximum Gasteiger partial charge on any atom is 0.250 e. The number of benzene rings is 2. The van der Waals surface area contributed by atoms with Crippen LogP contribution in [0.3, 0.4) is 0 Å². The molecule has 146 valence electrons. The van der Waals surface area contributed by atoms with Gasteiger partial charge in [-0.2, -0.15) is 0 Å². The molecule has 1 amide bonds. The third-order valence-corrected chi connectivity index (χ3v) is 5.29. The van der Waals surface area contributed by atoms with Crippen LogP contribution in [0.2, 0.25) is 5.02 Å². The fourth-order valence-electron chi connectivity index (χ4n) is 3.55. The molecule has 5 nitrogen and oxygen atoms in total. The number of ether oxygens (including phenoxy) is 1. The molecule has 0 spiro atoms. The zero-order valence-electron chi connectivity index (χ0n) is 15.6. The summed E-state index contributed by atoms with van der Waals surface area (Å²) >= 11 is 5.89. The minimum absolute atomic E-state index is 0.0374. The van der Waals surface area contributed by atoms with Gasteiger partial charge in [-0.3, -0.25) is 14.6 Å². The topological polar surface area (TPSA) is 82.3 Å². The monoisotopic (exact) mass is 406 g/mol. The summed E-state index contributed by atoms with van der Waals surface area (Å²) in [5.41, 5.74) is 9.46. The van der Waals surface area contributed by atoms with Crippen molar-refractivity contribution in [2.75, 3.05) is 0 Å². The van der Waals surface area contributed by atoms with E-state index < -0.39 is 5.91 Å². The van der Waals surface area contributed by atoms with Crippen LogP contribution in [0.25, 0.3) is 0 Å². The number of hydrogen-bond donors (Lipinski definition) is 1. The Hall–Kier alpha value is -3.18. The van der Waals surface area contributed by atoms with E-state index in [2.05, 4.69) is 11.1 Å². The van der Waals surface area contributed by atoms with Gasteiger partial charge in [-0.05, 0) is 59.9 Å². The number of ketones is 1. The number of primary amides is 1. The average molecular weight is 407 g/mol. The first-order valence-corrected chi connectivity index (χ1v) is 9.69. The maximum absolute atomic E-state index is 12.6. The first-order valence-electron chi connectivity index (χ1n) is 9.31. The smallest absolute Gasteiger partial charge is 0.250 e. The molecule has 1 aromatic heterocycles. The highest BCUT2D eigenvalue weighted by molar-refractivity contribution is 6.30. The molecule has 1 heterocycles. The van der Waals surface area contributed by atoms with Gasteiger partial charge in [-0.1, -0.05) is 29.8 Å². The Bertz CT molecular complexity index is 1080. The molecule has 1 atom stereocenters. The number of carbonyl (C=O) groups is 2. The van der Waals surface area contributed by atoms with Gasteiger partial charge in [0.2, 0.25) is 5.91 Å². The van der Waals surface area contributed by atoms with Crippen LogP contribution in [0.15, 0.2) is 60.9 Å². The van der Waals surface area contributed by atoms with Crippen LogP contribution in [0, 0.1) is 0 Å². The summed E-state index contributed by atoms with van der Waals surface area (Å²) in [6, 6.07) is 14.6. The highest BCUT2D eigenvalue weighted by Gasteiger charge is 2.25. The van der Waals surface area contributed by atoms with Crippen LogP contribution in [-0.4, -0.2) is 16.7 Å². The molecule has 0 radical (unpaired) electrons. The van der Waals surface area contributed by atoms with Crippen molar-refractivity contribution >= 4 is 23.3 Å². The van der Waals surface area contributed by atoms with E-state index in [-0.39, 0.29) is 11.9 Å². The van der Waals surface area contributed by atoms with Crippen molar-refractivity contribution in [3.63, 3.8) is 0 Å². The van der Waals surface area contributed by atoms with Crippen LogP contribution < -0.4 is 10.5 Å². The number of rotatable bonds is 6. The fourth-order valence-corrected chi connectivity index (χ4v) is 3.68. The van der Waals surface area contributed by atoms with Gasteiger partial charge in [0.1, 0.15) is 11.9 Å². The van der Waals surface area contributed by atoms with E-state index in [1.54, 1.807) is 36.5 Å². The van der Waals surface area contributed by atoms with Gasteiger partial charge in [0, 0.05) is 23.2 Å². The second kappa shape index (κ2) is 8.05. The number of nitrogens with zero attached hydrogens (tertiary/aromatic N) is 1. The number of amides is 1. The summed E-state index contributed by atoms with van der Waals surface area (Å²) in [7, 11) is 0. The van der Waals surface area contributed by atoms with Gasteiger partial charge in [-0.25, -0.2) is 0 Å². The molecule has 0 aliphatic heterocycles. The molecule has 0 bridgehead atoms. The van der Waals surface area contributed by atoms with Crippen LogP contribution >= 0.6 is 11.6 Å². The predicted octanol–water partition coefficient (Wildman–Crippen LogP) is 4.33. The van der Waals surface area contributed by atoms with Crippen LogP contribution in [-0.2, 0) is 12.8 Å². The third kappa shape index (κ3) is 4.30. The van der Waals surface area contributed by atoms with Crippen LogP contribution in [0.1, 0.15) is 49.9 Å². The van der Waals surface area contributed by atoms with E-state index >= 15 is 0 Å². The molecule has 6 heteroatoms.